The third kappa shape index (κ3) is 4.66. The molecule has 0 saturated carbocycles. The van der Waals surface area contributed by atoms with Crippen LogP contribution in [0.5, 0.6) is 0 Å². The Balaban J connectivity index is 1.24. The summed E-state index contributed by atoms with van der Waals surface area (Å²) < 4.78 is 7.55. The maximum absolute atomic E-state index is 12.1. The summed E-state index contributed by atoms with van der Waals surface area (Å²) >= 11 is 0. The fourth-order valence-electron chi connectivity index (χ4n) is 6.13. The molecule has 8 rings (SSSR count). The van der Waals surface area contributed by atoms with Gasteiger partial charge in [-0.2, -0.15) is 4.98 Å². The van der Waals surface area contributed by atoms with E-state index in [0.29, 0.717) is 28.3 Å². The molecule has 2 bridgehead atoms. The monoisotopic (exact) mass is 552 g/mol. The van der Waals surface area contributed by atoms with Crippen molar-refractivity contribution in [1.82, 2.24) is 29.8 Å². The fourth-order valence-corrected chi connectivity index (χ4v) is 6.13. The van der Waals surface area contributed by atoms with Gasteiger partial charge in [-0.25, -0.2) is 4.98 Å². The highest BCUT2D eigenvalue weighted by Gasteiger charge is 2.44. The van der Waals surface area contributed by atoms with E-state index in [9.17, 15) is 9.90 Å². The van der Waals surface area contributed by atoms with Crippen LogP contribution in [-0.4, -0.2) is 61.2 Å². The summed E-state index contributed by atoms with van der Waals surface area (Å²) in [5, 5.41) is 25.0. The van der Waals surface area contributed by atoms with Crippen LogP contribution < -0.4 is 16.2 Å². The lowest BCUT2D eigenvalue weighted by Gasteiger charge is -2.46. The van der Waals surface area contributed by atoms with Crippen LogP contribution in [0.1, 0.15) is 36.7 Å². The summed E-state index contributed by atoms with van der Waals surface area (Å²) in [6, 6.07) is 16.8. The van der Waals surface area contributed by atoms with E-state index in [1.807, 2.05) is 48.5 Å². The van der Waals surface area contributed by atoms with Crippen molar-refractivity contribution >= 4 is 28.1 Å². The van der Waals surface area contributed by atoms with E-state index in [2.05, 4.69) is 30.8 Å². The molecule has 0 unspecified atom stereocenters. The van der Waals surface area contributed by atoms with Gasteiger partial charge in [0.25, 0.3) is 11.4 Å². The summed E-state index contributed by atoms with van der Waals surface area (Å²) in [7, 11) is 1.80. The molecule has 1 atom stereocenters. The van der Waals surface area contributed by atoms with Crippen LogP contribution in [0, 0.1) is 0 Å². The van der Waals surface area contributed by atoms with Gasteiger partial charge < -0.3 is 25.2 Å². The first-order valence-electron chi connectivity index (χ1n) is 14.0. The maximum atomic E-state index is 12.1. The van der Waals surface area contributed by atoms with Crippen molar-refractivity contribution in [1.29, 1.82) is 0 Å². The number of nitrogens with zero attached hydrogens (tertiary/aromatic N) is 5. The van der Waals surface area contributed by atoms with Gasteiger partial charge in [-0.1, -0.05) is 35.5 Å². The number of aliphatic hydroxyl groups excluding tert-OH is 1. The molecule has 2 aromatic carbocycles. The van der Waals surface area contributed by atoms with E-state index in [4.69, 9.17) is 9.51 Å². The minimum atomic E-state index is -0.361. The van der Waals surface area contributed by atoms with Gasteiger partial charge in [0.2, 0.25) is 0 Å². The van der Waals surface area contributed by atoms with Gasteiger partial charge in [-0.15, -0.1) is 0 Å². The van der Waals surface area contributed by atoms with Crippen LogP contribution in [0.2, 0.25) is 0 Å². The number of aliphatic hydroxyl groups is 1. The summed E-state index contributed by atoms with van der Waals surface area (Å²) in [6.07, 6.45) is 4.83. The first-order chi connectivity index (χ1) is 20.0. The Hall–Kier alpha value is -4.48. The number of nitrogens with one attached hydrogen (secondary N) is 3. The normalized spacial score (nSPS) is 20.8. The van der Waals surface area contributed by atoms with Crippen LogP contribution in [-0.2, 0) is 12.5 Å². The second-order valence-electron chi connectivity index (χ2n) is 11.1. The number of H-pyrrole nitrogens is 1. The number of piperidine rings is 3. The van der Waals surface area contributed by atoms with Crippen LogP contribution in [0.4, 0.5) is 17.2 Å². The zero-order valence-corrected chi connectivity index (χ0v) is 22.8. The highest BCUT2D eigenvalue weighted by molar-refractivity contribution is 5.83. The standard InChI is InChI=1S/C30H32N8O3/c1-37-25-15-20(7-8-21(25)27(40)35-37)32-26-16-23(33-24(18-39)19-5-3-2-4-6-19)22(17-31-26)28-34-29(36-41-28)30-9-12-38(13-10-30)14-11-30/h2-8,15-17,24,39H,9-14,18H2,1H3,(H,35,40)(H2,31,32,33)/t24-/m1/s1. The van der Waals surface area contributed by atoms with Gasteiger partial charge in [-0.3, -0.25) is 14.6 Å². The molecule has 3 fully saturated rings. The minimum Gasteiger partial charge on any atom is -0.394 e. The molecule has 11 heteroatoms. The molecule has 3 aliphatic heterocycles. The van der Waals surface area contributed by atoms with Crippen molar-refractivity contribution in [3.05, 3.63) is 82.5 Å². The molecule has 6 heterocycles. The first kappa shape index (κ1) is 25.5. The second kappa shape index (κ2) is 10.2. The van der Waals surface area contributed by atoms with Gasteiger partial charge in [-0.05, 0) is 62.7 Å². The molecule has 3 aliphatic rings. The Morgan fingerprint density at radius 3 is 2.63 bits per heavy atom. The summed E-state index contributed by atoms with van der Waals surface area (Å²) in [6.45, 7) is 3.09. The molecule has 11 nitrogen and oxygen atoms in total. The van der Waals surface area contributed by atoms with Crippen molar-refractivity contribution in [3.8, 4) is 11.5 Å². The highest BCUT2D eigenvalue weighted by atomic mass is 16.5. The Kier molecular flexibility index (Phi) is 6.32. The van der Waals surface area contributed by atoms with Crippen LogP contribution in [0.3, 0.4) is 0 Å². The molecule has 5 aromatic rings. The zero-order valence-electron chi connectivity index (χ0n) is 22.8. The number of fused-ring (bicyclic) bond motifs is 4. The first-order valence-corrected chi connectivity index (χ1v) is 14.0. The fraction of sp³-hybridized carbons (Fsp3) is 0.333. The Labute approximate surface area is 236 Å². The molecule has 0 spiro atoms. The minimum absolute atomic E-state index is 0.0341. The van der Waals surface area contributed by atoms with Crippen molar-refractivity contribution in [2.24, 2.45) is 7.05 Å². The lowest BCUT2D eigenvalue weighted by atomic mass is 9.71. The lowest BCUT2D eigenvalue weighted by Crippen LogP contribution is -2.51. The predicted molar refractivity (Wildman–Crippen MR) is 156 cm³/mol. The number of aromatic amines is 1. The zero-order chi connectivity index (χ0) is 28.0. The molecule has 41 heavy (non-hydrogen) atoms. The topological polar surface area (TPSA) is 137 Å². The second-order valence-corrected chi connectivity index (χ2v) is 11.1. The smallest absolute Gasteiger partial charge is 0.271 e. The number of benzene rings is 2. The van der Waals surface area contributed by atoms with E-state index < -0.39 is 0 Å². The summed E-state index contributed by atoms with van der Waals surface area (Å²) in [5.41, 5.74) is 3.71. The average molecular weight is 553 g/mol. The quantitative estimate of drug-likeness (QED) is 0.226. The van der Waals surface area contributed by atoms with E-state index in [1.165, 1.54) is 0 Å². The highest BCUT2D eigenvalue weighted by Crippen LogP contribution is 2.42. The van der Waals surface area contributed by atoms with Crippen molar-refractivity contribution in [2.75, 3.05) is 36.9 Å². The van der Waals surface area contributed by atoms with Gasteiger partial charge >= 0.3 is 0 Å². The van der Waals surface area contributed by atoms with Crippen LogP contribution in [0.15, 0.2) is 70.1 Å². The van der Waals surface area contributed by atoms with Crippen LogP contribution >= 0.6 is 0 Å². The molecule has 0 radical (unpaired) electrons. The molecule has 210 valence electrons. The van der Waals surface area contributed by atoms with E-state index in [0.717, 1.165) is 61.5 Å². The third-order valence-corrected chi connectivity index (χ3v) is 8.61. The van der Waals surface area contributed by atoms with Crippen LogP contribution in [0.25, 0.3) is 22.4 Å². The molecule has 0 amide bonds. The number of anilines is 3. The SMILES string of the molecule is Cn1[nH]c(=O)c2ccc(Nc3cc(N[C@H](CO)c4ccccc4)c(-c4nc(C56CCN(CC5)CC6)no4)cn3)cc21. The molecule has 3 aromatic heterocycles. The Morgan fingerprint density at radius 2 is 1.88 bits per heavy atom. The van der Waals surface area contributed by atoms with Gasteiger partial charge in [0.15, 0.2) is 5.82 Å². The molecule has 0 aliphatic carbocycles. The molecule has 3 saturated heterocycles. The average Bonchev–Trinajstić information content (AvgIpc) is 3.62. The number of hydrogen-bond donors (Lipinski definition) is 4. The van der Waals surface area contributed by atoms with Gasteiger partial charge in [0.05, 0.1) is 34.8 Å². The third-order valence-electron chi connectivity index (χ3n) is 8.61. The number of aromatic nitrogens is 5. The molecular formula is C30H32N8O3. The van der Waals surface area contributed by atoms with E-state index in [1.54, 1.807) is 24.0 Å². The summed E-state index contributed by atoms with van der Waals surface area (Å²) in [5.74, 6) is 1.75. The molecule has 4 N–H and O–H groups in total. The maximum Gasteiger partial charge on any atom is 0.271 e. The van der Waals surface area contributed by atoms with Gasteiger partial charge in [0.1, 0.15) is 5.82 Å². The summed E-state index contributed by atoms with van der Waals surface area (Å²) in [4.78, 5) is 24.2. The van der Waals surface area contributed by atoms with Crippen molar-refractivity contribution < 1.29 is 9.63 Å². The van der Waals surface area contributed by atoms with Gasteiger partial charge in [0, 0.05) is 30.4 Å². The van der Waals surface area contributed by atoms with Crippen molar-refractivity contribution in [2.45, 2.75) is 30.7 Å². The Morgan fingerprint density at radius 1 is 1.10 bits per heavy atom. The largest absolute Gasteiger partial charge is 0.394 e. The lowest BCUT2D eigenvalue weighted by molar-refractivity contribution is 0.0747. The van der Waals surface area contributed by atoms with E-state index in [-0.39, 0.29) is 23.6 Å². The number of hydrogen-bond acceptors (Lipinski definition) is 9. The predicted octanol–water partition coefficient (Wildman–Crippen LogP) is 3.94. The Bertz CT molecular complexity index is 1740. The van der Waals surface area contributed by atoms with E-state index >= 15 is 0 Å². The van der Waals surface area contributed by atoms with Crippen molar-refractivity contribution in [3.63, 3.8) is 0 Å². The number of aryl methyl sites for hydroxylation is 1. The molecular weight excluding hydrogens is 520 g/mol. The number of pyridine rings is 1. The number of rotatable bonds is 8.